The molecule has 1 atom stereocenters. The van der Waals surface area contributed by atoms with Crippen molar-refractivity contribution in [3.05, 3.63) is 18.0 Å². The lowest BCUT2D eigenvalue weighted by molar-refractivity contribution is 0.284. The molecular formula is C13H26N4. The molecule has 1 heterocycles. The molecule has 3 N–H and O–H groups in total. The highest BCUT2D eigenvalue weighted by molar-refractivity contribution is 5.10. The molecule has 1 rings (SSSR count). The van der Waals surface area contributed by atoms with E-state index in [0.717, 1.165) is 31.4 Å². The molecular weight excluding hydrogens is 212 g/mol. The first kappa shape index (κ1) is 14.2. The Labute approximate surface area is 105 Å². The Kier molecular flexibility index (Phi) is 5.15. The molecule has 0 fully saturated rings. The maximum absolute atomic E-state index is 6.16. The van der Waals surface area contributed by atoms with Crippen molar-refractivity contribution in [3.8, 4) is 0 Å². The fourth-order valence-electron chi connectivity index (χ4n) is 2.20. The normalized spacial score (nSPS) is 13.9. The van der Waals surface area contributed by atoms with Gasteiger partial charge in [0.25, 0.3) is 0 Å². The fourth-order valence-corrected chi connectivity index (χ4v) is 2.20. The summed E-state index contributed by atoms with van der Waals surface area (Å²) in [6.45, 7) is 7.50. The molecule has 4 nitrogen and oxygen atoms in total. The number of aromatic nitrogens is 2. The molecule has 17 heavy (non-hydrogen) atoms. The summed E-state index contributed by atoms with van der Waals surface area (Å²) >= 11 is 0. The maximum atomic E-state index is 6.16. The van der Waals surface area contributed by atoms with Gasteiger partial charge >= 0.3 is 0 Å². The molecule has 0 aliphatic carbocycles. The van der Waals surface area contributed by atoms with E-state index in [-0.39, 0.29) is 11.6 Å². The van der Waals surface area contributed by atoms with Crippen molar-refractivity contribution in [3.63, 3.8) is 0 Å². The fraction of sp³-hybridized carbons (Fsp3) is 0.769. The quantitative estimate of drug-likeness (QED) is 0.763. The molecule has 0 saturated carbocycles. The molecule has 0 spiro atoms. The SMILES string of the molecule is CCC(CC)(CC)NCC(N)c1cnn(C)c1. The van der Waals surface area contributed by atoms with Crippen LogP contribution in [0.15, 0.2) is 12.4 Å². The minimum absolute atomic E-state index is 0.0210. The van der Waals surface area contributed by atoms with Gasteiger partial charge in [0, 0.05) is 36.9 Å². The summed E-state index contributed by atoms with van der Waals surface area (Å²) in [7, 11) is 1.91. The van der Waals surface area contributed by atoms with E-state index in [1.807, 2.05) is 19.4 Å². The number of rotatable bonds is 7. The Balaban J connectivity index is 2.55. The number of nitrogens with one attached hydrogen (secondary N) is 1. The van der Waals surface area contributed by atoms with Gasteiger partial charge in [-0.2, -0.15) is 5.10 Å². The lowest BCUT2D eigenvalue weighted by Crippen LogP contribution is -2.46. The zero-order valence-corrected chi connectivity index (χ0v) is 11.5. The largest absolute Gasteiger partial charge is 0.323 e. The zero-order chi connectivity index (χ0) is 12.9. The van der Waals surface area contributed by atoms with Crippen LogP contribution >= 0.6 is 0 Å². The monoisotopic (exact) mass is 238 g/mol. The Hall–Kier alpha value is -0.870. The molecule has 0 amide bonds. The van der Waals surface area contributed by atoms with Gasteiger partial charge in [0.05, 0.1) is 6.20 Å². The predicted molar refractivity (Wildman–Crippen MR) is 71.7 cm³/mol. The van der Waals surface area contributed by atoms with Gasteiger partial charge in [-0.1, -0.05) is 20.8 Å². The summed E-state index contributed by atoms with van der Waals surface area (Å²) in [6.07, 6.45) is 7.25. The van der Waals surface area contributed by atoms with Crippen molar-refractivity contribution in [1.82, 2.24) is 15.1 Å². The standard InChI is InChI=1S/C13H26N4/c1-5-13(6-2,7-3)15-9-12(14)11-8-16-17(4)10-11/h8,10,12,15H,5-7,9,14H2,1-4H3. The Morgan fingerprint density at radius 1 is 1.35 bits per heavy atom. The van der Waals surface area contributed by atoms with Crippen molar-refractivity contribution in [2.45, 2.75) is 51.6 Å². The zero-order valence-electron chi connectivity index (χ0n) is 11.5. The van der Waals surface area contributed by atoms with Crippen molar-refractivity contribution in [2.24, 2.45) is 12.8 Å². The number of hydrogen-bond acceptors (Lipinski definition) is 3. The molecule has 4 heteroatoms. The third-order valence-corrected chi connectivity index (χ3v) is 3.88. The van der Waals surface area contributed by atoms with E-state index in [2.05, 4.69) is 31.2 Å². The van der Waals surface area contributed by atoms with Crippen molar-refractivity contribution in [1.29, 1.82) is 0 Å². The second kappa shape index (κ2) is 6.17. The smallest absolute Gasteiger partial charge is 0.0537 e. The van der Waals surface area contributed by atoms with E-state index >= 15 is 0 Å². The van der Waals surface area contributed by atoms with Crippen molar-refractivity contribution in [2.75, 3.05) is 6.54 Å². The summed E-state index contributed by atoms with van der Waals surface area (Å²) < 4.78 is 1.79. The topological polar surface area (TPSA) is 55.9 Å². The second-order valence-corrected chi connectivity index (χ2v) is 4.78. The summed E-state index contributed by atoms with van der Waals surface area (Å²) in [5, 5.41) is 7.78. The van der Waals surface area contributed by atoms with Crippen LogP contribution in [0, 0.1) is 0 Å². The first-order valence-corrected chi connectivity index (χ1v) is 6.56. The van der Waals surface area contributed by atoms with Crippen LogP contribution < -0.4 is 11.1 Å². The Morgan fingerprint density at radius 3 is 2.35 bits per heavy atom. The molecule has 0 aromatic carbocycles. The lowest BCUT2D eigenvalue weighted by atomic mass is 9.89. The summed E-state index contributed by atoms with van der Waals surface area (Å²) in [5.74, 6) is 0. The highest BCUT2D eigenvalue weighted by Crippen LogP contribution is 2.20. The van der Waals surface area contributed by atoms with E-state index in [1.54, 1.807) is 4.68 Å². The van der Waals surface area contributed by atoms with Crippen LogP contribution in [0.3, 0.4) is 0 Å². The average molecular weight is 238 g/mol. The summed E-state index contributed by atoms with van der Waals surface area (Å²) in [5.41, 5.74) is 7.49. The molecule has 1 aromatic heterocycles. The van der Waals surface area contributed by atoms with Gasteiger partial charge in [-0.05, 0) is 19.3 Å². The third-order valence-electron chi connectivity index (χ3n) is 3.88. The Morgan fingerprint density at radius 2 is 1.94 bits per heavy atom. The lowest BCUT2D eigenvalue weighted by Gasteiger charge is -2.33. The van der Waals surface area contributed by atoms with Gasteiger partial charge in [-0.15, -0.1) is 0 Å². The third kappa shape index (κ3) is 3.54. The molecule has 0 aliphatic rings. The molecule has 1 unspecified atom stereocenters. The first-order valence-electron chi connectivity index (χ1n) is 6.56. The van der Waals surface area contributed by atoms with Crippen LogP contribution in [-0.2, 0) is 7.05 Å². The van der Waals surface area contributed by atoms with Crippen molar-refractivity contribution < 1.29 is 0 Å². The molecule has 0 bridgehead atoms. The minimum atomic E-state index is 0.0210. The van der Waals surface area contributed by atoms with Crippen LogP contribution in [0.5, 0.6) is 0 Å². The molecule has 98 valence electrons. The molecule has 1 aromatic rings. The molecule has 0 saturated heterocycles. The van der Waals surface area contributed by atoms with E-state index in [1.165, 1.54) is 0 Å². The van der Waals surface area contributed by atoms with Crippen LogP contribution in [0.2, 0.25) is 0 Å². The summed E-state index contributed by atoms with van der Waals surface area (Å²) in [6, 6.07) is 0.0210. The van der Waals surface area contributed by atoms with E-state index in [4.69, 9.17) is 5.73 Å². The number of nitrogens with zero attached hydrogens (tertiary/aromatic N) is 2. The van der Waals surface area contributed by atoms with Crippen molar-refractivity contribution >= 4 is 0 Å². The number of aryl methyl sites for hydroxylation is 1. The van der Waals surface area contributed by atoms with Crippen LogP contribution in [0.4, 0.5) is 0 Å². The maximum Gasteiger partial charge on any atom is 0.0537 e. The van der Waals surface area contributed by atoms with Gasteiger partial charge < -0.3 is 11.1 Å². The van der Waals surface area contributed by atoms with Crippen LogP contribution in [0.1, 0.15) is 51.6 Å². The minimum Gasteiger partial charge on any atom is -0.323 e. The van der Waals surface area contributed by atoms with Gasteiger partial charge in [0.15, 0.2) is 0 Å². The van der Waals surface area contributed by atoms with Gasteiger partial charge in [0.2, 0.25) is 0 Å². The van der Waals surface area contributed by atoms with E-state index < -0.39 is 0 Å². The number of nitrogens with two attached hydrogens (primary N) is 1. The average Bonchev–Trinajstić information content (AvgIpc) is 2.78. The van der Waals surface area contributed by atoms with E-state index in [9.17, 15) is 0 Å². The summed E-state index contributed by atoms with van der Waals surface area (Å²) in [4.78, 5) is 0. The molecule has 0 radical (unpaired) electrons. The highest BCUT2D eigenvalue weighted by atomic mass is 15.2. The van der Waals surface area contributed by atoms with Gasteiger partial charge in [-0.25, -0.2) is 0 Å². The van der Waals surface area contributed by atoms with Crippen LogP contribution in [-0.4, -0.2) is 21.9 Å². The predicted octanol–water partition coefficient (Wildman–Crippen LogP) is 1.98. The Bertz CT molecular complexity index is 320. The highest BCUT2D eigenvalue weighted by Gasteiger charge is 2.23. The van der Waals surface area contributed by atoms with Gasteiger partial charge in [-0.3, -0.25) is 4.68 Å². The van der Waals surface area contributed by atoms with Crippen LogP contribution in [0.25, 0.3) is 0 Å². The first-order chi connectivity index (χ1) is 8.06. The second-order valence-electron chi connectivity index (χ2n) is 4.78. The van der Waals surface area contributed by atoms with E-state index in [0.29, 0.717) is 0 Å². The van der Waals surface area contributed by atoms with Gasteiger partial charge in [0.1, 0.15) is 0 Å². The number of hydrogen-bond donors (Lipinski definition) is 2. The molecule has 0 aliphatic heterocycles.